The van der Waals surface area contributed by atoms with Gasteiger partial charge >= 0.3 is 6.16 Å². The van der Waals surface area contributed by atoms with Crippen LogP contribution < -0.4 is 4.72 Å². The third-order valence-corrected chi connectivity index (χ3v) is 1.08. The molecule has 0 aliphatic heterocycles. The Balaban J connectivity index is 3.32. The van der Waals surface area contributed by atoms with Crippen LogP contribution in [0.5, 0.6) is 0 Å². The molecular formula is C3H7FN2OS. The molecule has 0 saturated heterocycles. The van der Waals surface area contributed by atoms with Gasteiger partial charge in [-0.05, 0) is 7.05 Å². The van der Waals surface area contributed by atoms with E-state index in [0.29, 0.717) is 0 Å². The molecule has 0 aromatic rings. The van der Waals surface area contributed by atoms with Crippen molar-refractivity contribution in [3.63, 3.8) is 0 Å². The summed E-state index contributed by atoms with van der Waals surface area (Å²) >= 11 is 0.898. The van der Waals surface area contributed by atoms with E-state index in [1.165, 1.54) is 7.05 Å². The number of hydrogen-bond donors (Lipinski definition) is 1. The smallest absolute Gasteiger partial charge is 0.249 e. The Morgan fingerprint density at radius 2 is 2.38 bits per heavy atom. The van der Waals surface area contributed by atoms with Crippen molar-refractivity contribution < 1.29 is 9.18 Å². The van der Waals surface area contributed by atoms with Gasteiger partial charge in [0.2, 0.25) is 0 Å². The molecule has 0 aliphatic carbocycles. The van der Waals surface area contributed by atoms with Gasteiger partial charge < -0.3 is 0 Å². The first-order chi connectivity index (χ1) is 3.68. The van der Waals surface area contributed by atoms with Crippen molar-refractivity contribution in [1.29, 1.82) is 0 Å². The van der Waals surface area contributed by atoms with Gasteiger partial charge in [0.25, 0.3) is 0 Å². The van der Waals surface area contributed by atoms with Crippen LogP contribution >= 0.6 is 12.1 Å². The molecule has 1 amide bonds. The van der Waals surface area contributed by atoms with Crippen molar-refractivity contribution >= 4 is 18.3 Å². The van der Waals surface area contributed by atoms with Gasteiger partial charge in [-0.2, -0.15) is 0 Å². The zero-order chi connectivity index (χ0) is 6.57. The lowest BCUT2D eigenvalue weighted by atomic mass is 11.2. The minimum atomic E-state index is -1.45. The van der Waals surface area contributed by atoms with Gasteiger partial charge in [-0.15, -0.1) is 4.39 Å². The summed E-state index contributed by atoms with van der Waals surface area (Å²) in [6.45, 7) is 0. The summed E-state index contributed by atoms with van der Waals surface area (Å²) in [5, 5.41) is 0. The quantitative estimate of drug-likeness (QED) is 0.348. The fraction of sp³-hybridized carbons (Fsp3) is 0.667. The van der Waals surface area contributed by atoms with Crippen LogP contribution in [-0.4, -0.2) is 24.6 Å². The Labute approximate surface area is 51.5 Å². The third-order valence-electron chi connectivity index (χ3n) is 0.476. The standard InChI is InChI=1S/C3H7FN2OS/c1-5-8-6(2)3(4)7/h5H,1-2H3. The van der Waals surface area contributed by atoms with E-state index in [4.69, 9.17) is 0 Å². The predicted octanol–water partition coefficient (Wildman–Crippen LogP) is 0.790. The normalized spacial score (nSPS) is 8.88. The second-order valence-electron chi connectivity index (χ2n) is 1.05. The summed E-state index contributed by atoms with van der Waals surface area (Å²) in [5.41, 5.74) is 0. The van der Waals surface area contributed by atoms with Gasteiger partial charge in [0.15, 0.2) is 0 Å². The summed E-state index contributed by atoms with van der Waals surface area (Å²) in [4.78, 5) is 9.73. The molecule has 0 spiro atoms. The van der Waals surface area contributed by atoms with Crippen molar-refractivity contribution in [1.82, 2.24) is 9.03 Å². The maximum atomic E-state index is 11.5. The molecule has 0 rings (SSSR count). The predicted molar refractivity (Wildman–Crippen MR) is 30.9 cm³/mol. The van der Waals surface area contributed by atoms with Gasteiger partial charge in [-0.25, -0.2) is 13.8 Å². The number of carbonyl (C=O) groups is 1. The fourth-order valence-electron chi connectivity index (χ4n) is 0.173. The molecule has 0 aromatic heterocycles. The molecule has 3 nitrogen and oxygen atoms in total. The molecule has 0 radical (unpaired) electrons. The second-order valence-corrected chi connectivity index (χ2v) is 2.18. The number of nitrogens with one attached hydrogen (secondary N) is 1. The average molecular weight is 138 g/mol. The van der Waals surface area contributed by atoms with E-state index >= 15 is 0 Å². The van der Waals surface area contributed by atoms with Crippen LogP contribution in [0.15, 0.2) is 0 Å². The number of amides is 1. The average Bonchev–Trinajstić information content (AvgIpc) is 1.67. The highest BCUT2D eigenvalue weighted by Gasteiger charge is 2.03. The van der Waals surface area contributed by atoms with E-state index in [-0.39, 0.29) is 0 Å². The largest absolute Gasteiger partial charge is 0.410 e. The number of nitrogens with zero attached hydrogens (tertiary/aromatic N) is 1. The second kappa shape index (κ2) is 3.68. The zero-order valence-electron chi connectivity index (χ0n) is 4.64. The first-order valence-corrected chi connectivity index (χ1v) is 2.72. The maximum absolute atomic E-state index is 11.5. The fourth-order valence-corrected chi connectivity index (χ4v) is 0.518. The summed E-state index contributed by atoms with van der Waals surface area (Å²) in [6.07, 6.45) is -1.45. The summed E-state index contributed by atoms with van der Waals surface area (Å²) in [7, 11) is 2.94. The molecule has 1 N–H and O–H groups in total. The summed E-state index contributed by atoms with van der Waals surface area (Å²) in [6, 6.07) is 0. The zero-order valence-corrected chi connectivity index (χ0v) is 5.46. The molecule has 5 heteroatoms. The SMILES string of the molecule is CNSN(C)C(=O)F. The minimum absolute atomic E-state index is 0.847. The molecule has 0 saturated carbocycles. The number of halogens is 1. The van der Waals surface area contributed by atoms with E-state index in [0.717, 1.165) is 16.4 Å². The molecule has 8 heavy (non-hydrogen) atoms. The Kier molecular flexibility index (Phi) is 3.55. The Morgan fingerprint density at radius 3 is 2.50 bits per heavy atom. The molecule has 0 aliphatic rings. The maximum Gasteiger partial charge on any atom is 0.410 e. The molecule has 48 valence electrons. The highest BCUT2D eigenvalue weighted by molar-refractivity contribution is 7.95. The Bertz CT molecular complexity index is 89.4. The van der Waals surface area contributed by atoms with E-state index in [1.807, 2.05) is 0 Å². The molecular weight excluding hydrogens is 131 g/mol. The van der Waals surface area contributed by atoms with Gasteiger partial charge in [-0.1, -0.05) is 0 Å². The Hall–Kier alpha value is -0.290. The van der Waals surface area contributed by atoms with E-state index in [9.17, 15) is 9.18 Å². The van der Waals surface area contributed by atoms with Crippen LogP contribution in [0.2, 0.25) is 0 Å². The van der Waals surface area contributed by atoms with Crippen molar-refractivity contribution in [2.24, 2.45) is 0 Å². The van der Waals surface area contributed by atoms with E-state index < -0.39 is 6.16 Å². The van der Waals surface area contributed by atoms with Crippen molar-refractivity contribution in [3.05, 3.63) is 0 Å². The number of carbonyl (C=O) groups excluding carboxylic acids is 1. The van der Waals surface area contributed by atoms with Gasteiger partial charge in [0, 0.05) is 19.2 Å². The first-order valence-electron chi connectivity index (χ1n) is 1.95. The summed E-state index contributed by atoms with van der Waals surface area (Å²) in [5.74, 6) is 0. The van der Waals surface area contributed by atoms with E-state index in [2.05, 4.69) is 4.72 Å². The monoisotopic (exact) mass is 138 g/mol. The molecule has 0 aromatic carbocycles. The number of rotatable bonds is 2. The summed E-state index contributed by atoms with van der Waals surface area (Å²) < 4.78 is 14.9. The van der Waals surface area contributed by atoms with Gasteiger partial charge in [0.05, 0.1) is 0 Å². The van der Waals surface area contributed by atoms with E-state index in [1.54, 1.807) is 7.05 Å². The van der Waals surface area contributed by atoms with Crippen LogP contribution in [0.3, 0.4) is 0 Å². The topological polar surface area (TPSA) is 32.3 Å². The highest BCUT2D eigenvalue weighted by Crippen LogP contribution is 2.00. The van der Waals surface area contributed by atoms with Crippen LogP contribution in [0.1, 0.15) is 0 Å². The lowest BCUT2D eigenvalue weighted by Crippen LogP contribution is -2.16. The molecule has 0 fully saturated rings. The molecule has 0 atom stereocenters. The van der Waals surface area contributed by atoms with Crippen molar-refractivity contribution in [2.45, 2.75) is 0 Å². The lowest BCUT2D eigenvalue weighted by molar-refractivity contribution is 0.209. The molecule has 0 unspecified atom stereocenters. The van der Waals surface area contributed by atoms with Crippen LogP contribution in [-0.2, 0) is 0 Å². The van der Waals surface area contributed by atoms with Crippen LogP contribution in [0, 0.1) is 0 Å². The molecule has 0 heterocycles. The van der Waals surface area contributed by atoms with Crippen molar-refractivity contribution in [3.8, 4) is 0 Å². The Morgan fingerprint density at radius 1 is 1.88 bits per heavy atom. The highest BCUT2D eigenvalue weighted by atomic mass is 32.2. The first kappa shape index (κ1) is 7.71. The van der Waals surface area contributed by atoms with Crippen LogP contribution in [0.25, 0.3) is 0 Å². The number of hydrogen-bond acceptors (Lipinski definition) is 3. The minimum Gasteiger partial charge on any atom is -0.249 e. The van der Waals surface area contributed by atoms with Crippen molar-refractivity contribution in [2.75, 3.05) is 14.1 Å². The third kappa shape index (κ3) is 2.81. The van der Waals surface area contributed by atoms with Crippen LogP contribution in [0.4, 0.5) is 9.18 Å². The lowest BCUT2D eigenvalue weighted by Gasteiger charge is -2.06. The van der Waals surface area contributed by atoms with Gasteiger partial charge in [-0.3, -0.25) is 0 Å². The molecule has 0 bridgehead atoms. The van der Waals surface area contributed by atoms with Gasteiger partial charge in [0.1, 0.15) is 0 Å².